The number of nitrogens with zero attached hydrogens (tertiary/aromatic N) is 1. The molecule has 2 amide bonds. The number of thioether (sulfide) groups is 1. The normalized spacial score (nSPS) is 18.7. The number of amides is 2. The molecule has 1 aromatic rings. The van der Waals surface area contributed by atoms with Gasteiger partial charge in [0.15, 0.2) is 0 Å². The number of benzene rings is 1. The van der Waals surface area contributed by atoms with Gasteiger partial charge in [-0.25, -0.2) is 0 Å². The summed E-state index contributed by atoms with van der Waals surface area (Å²) >= 11 is 7.96. The van der Waals surface area contributed by atoms with Gasteiger partial charge in [-0.1, -0.05) is 11.6 Å². The van der Waals surface area contributed by atoms with Crippen molar-refractivity contribution in [2.45, 2.75) is 44.7 Å². The molecule has 0 aromatic heterocycles. The second-order valence-corrected chi connectivity index (χ2v) is 7.81. The highest BCUT2D eigenvalue weighted by Crippen LogP contribution is 2.26. The third-order valence-electron chi connectivity index (χ3n) is 4.50. The molecule has 1 aliphatic rings. The molecule has 2 atom stereocenters. The number of hydrogen-bond donors (Lipinski definition) is 2. The van der Waals surface area contributed by atoms with Crippen molar-refractivity contribution in [3.8, 4) is 0 Å². The molecule has 5 nitrogen and oxygen atoms in total. The number of carbonyl (C=O) groups excluding carboxylic acids is 2. The summed E-state index contributed by atoms with van der Waals surface area (Å²) in [5.41, 5.74) is 6.89. The third-order valence-corrected chi connectivity index (χ3v) is 5.46. The molecule has 0 saturated carbocycles. The van der Waals surface area contributed by atoms with Gasteiger partial charge in [-0.05, 0) is 62.8 Å². The van der Waals surface area contributed by atoms with Crippen LogP contribution in [0.4, 0.5) is 5.69 Å². The lowest BCUT2D eigenvalue weighted by molar-refractivity contribution is -0.117. The van der Waals surface area contributed by atoms with E-state index in [-0.39, 0.29) is 17.9 Å². The van der Waals surface area contributed by atoms with Crippen LogP contribution in [-0.4, -0.2) is 47.4 Å². The molecule has 1 saturated heterocycles. The van der Waals surface area contributed by atoms with E-state index >= 15 is 0 Å². The van der Waals surface area contributed by atoms with Gasteiger partial charge in [0.25, 0.3) is 5.91 Å². The van der Waals surface area contributed by atoms with Gasteiger partial charge in [-0.3, -0.25) is 9.59 Å². The number of nitrogens with two attached hydrogens (primary N) is 1. The van der Waals surface area contributed by atoms with E-state index in [1.165, 1.54) is 0 Å². The minimum atomic E-state index is -0.554. The lowest BCUT2D eigenvalue weighted by Gasteiger charge is -2.33. The van der Waals surface area contributed by atoms with E-state index < -0.39 is 6.04 Å². The largest absolute Gasteiger partial charge is 0.336 e. The van der Waals surface area contributed by atoms with Gasteiger partial charge >= 0.3 is 0 Å². The van der Waals surface area contributed by atoms with E-state index in [1.54, 1.807) is 30.0 Å². The molecule has 1 aromatic carbocycles. The Morgan fingerprint density at radius 1 is 1.44 bits per heavy atom. The summed E-state index contributed by atoms with van der Waals surface area (Å²) in [6.45, 7) is 2.83. The van der Waals surface area contributed by atoms with Crippen molar-refractivity contribution in [3.63, 3.8) is 0 Å². The van der Waals surface area contributed by atoms with Crippen molar-refractivity contribution in [2.24, 2.45) is 5.73 Å². The molecule has 0 bridgehead atoms. The second-order valence-electron chi connectivity index (χ2n) is 6.42. The zero-order valence-electron chi connectivity index (χ0n) is 14.8. The molecule has 0 radical (unpaired) electrons. The molecule has 25 heavy (non-hydrogen) atoms. The Hall–Kier alpha value is -1.24. The van der Waals surface area contributed by atoms with Gasteiger partial charge in [0.05, 0.1) is 16.6 Å². The Bertz CT molecular complexity index is 626. The summed E-state index contributed by atoms with van der Waals surface area (Å²) in [5, 5.41) is 3.11. The highest BCUT2D eigenvalue weighted by Gasteiger charge is 2.25. The standard InChI is InChI=1S/C18H26ClN3O2S/c1-12-5-3-4-9-22(12)18(24)14-7-6-13(11-15(14)19)21-17(23)16(20)8-10-25-2/h6-7,11-12,16H,3-5,8-10,20H2,1-2H3,(H,21,23)/t12?,16-/m0/s1. The molecular formula is C18H26ClN3O2S. The lowest BCUT2D eigenvalue weighted by atomic mass is 10.0. The van der Waals surface area contributed by atoms with Gasteiger partial charge in [-0.15, -0.1) is 0 Å². The fourth-order valence-electron chi connectivity index (χ4n) is 2.93. The molecule has 0 aliphatic carbocycles. The number of anilines is 1. The van der Waals surface area contributed by atoms with Crippen molar-refractivity contribution in [1.29, 1.82) is 0 Å². The first-order valence-corrected chi connectivity index (χ1v) is 10.4. The van der Waals surface area contributed by atoms with E-state index in [1.807, 2.05) is 11.2 Å². The van der Waals surface area contributed by atoms with Crippen LogP contribution in [0.2, 0.25) is 5.02 Å². The fourth-order valence-corrected chi connectivity index (χ4v) is 3.68. The number of piperidine rings is 1. The minimum Gasteiger partial charge on any atom is -0.336 e. The Balaban J connectivity index is 2.04. The van der Waals surface area contributed by atoms with Gasteiger partial charge < -0.3 is 16.0 Å². The molecule has 2 rings (SSSR count). The second kappa shape index (κ2) is 9.46. The molecule has 1 aliphatic heterocycles. The summed E-state index contributed by atoms with van der Waals surface area (Å²) in [6, 6.07) is 4.66. The Morgan fingerprint density at radius 2 is 2.20 bits per heavy atom. The van der Waals surface area contributed by atoms with Crippen molar-refractivity contribution in [2.75, 3.05) is 23.9 Å². The molecule has 3 N–H and O–H groups in total. The average Bonchev–Trinajstić information content (AvgIpc) is 2.59. The first-order chi connectivity index (χ1) is 11.9. The van der Waals surface area contributed by atoms with E-state index in [2.05, 4.69) is 12.2 Å². The summed E-state index contributed by atoms with van der Waals surface area (Å²) in [7, 11) is 0. The predicted octanol–water partition coefficient (Wildman–Crippen LogP) is 3.37. The van der Waals surface area contributed by atoms with Crippen LogP contribution >= 0.6 is 23.4 Å². The van der Waals surface area contributed by atoms with E-state index in [0.29, 0.717) is 22.7 Å². The van der Waals surface area contributed by atoms with Crippen molar-refractivity contribution in [3.05, 3.63) is 28.8 Å². The van der Waals surface area contributed by atoms with E-state index in [0.717, 1.165) is 31.6 Å². The smallest absolute Gasteiger partial charge is 0.255 e. The Labute approximate surface area is 158 Å². The van der Waals surface area contributed by atoms with Crippen LogP contribution in [0.15, 0.2) is 18.2 Å². The van der Waals surface area contributed by atoms with E-state index in [4.69, 9.17) is 17.3 Å². The zero-order chi connectivity index (χ0) is 18.4. The van der Waals surface area contributed by atoms with Crippen LogP contribution in [0, 0.1) is 0 Å². The third kappa shape index (κ3) is 5.36. The van der Waals surface area contributed by atoms with Gasteiger partial charge in [0.2, 0.25) is 5.91 Å². The number of carbonyl (C=O) groups is 2. The highest BCUT2D eigenvalue weighted by molar-refractivity contribution is 7.98. The van der Waals surface area contributed by atoms with Crippen LogP contribution in [0.3, 0.4) is 0 Å². The van der Waals surface area contributed by atoms with Gasteiger partial charge in [-0.2, -0.15) is 11.8 Å². The first kappa shape index (κ1) is 20.1. The lowest BCUT2D eigenvalue weighted by Crippen LogP contribution is -2.42. The number of hydrogen-bond acceptors (Lipinski definition) is 4. The van der Waals surface area contributed by atoms with Crippen LogP contribution in [-0.2, 0) is 4.79 Å². The summed E-state index contributed by atoms with van der Waals surface area (Å²) < 4.78 is 0. The number of halogens is 1. The maximum absolute atomic E-state index is 12.7. The summed E-state index contributed by atoms with van der Waals surface area (Å²) in [5.74, 6) is 0.539. The monoisotopic (exact) mass is 383 g/mol. The van der Waals surface area contributed by atoms with E-state index in [9.17, 15) is 9.59 Å². The van der Waals surface area contributed by atoms with Crippen LogP contribution in [0.5, 0.6) is 0 Å². The average molecular weight is 384 g/mol. The van der Waals surface area contributed by atoms with Crippen LogP contribution < -0.4 is 11.1 Å². The maximum Gasteiger partial charge on any atom is 0.255 e. The highest BCUT2D eigenvalue weighted by atomic mass is 35.5. The predicted molar refractivity (Wildman–Crippen MR) is 105 cm³/mol. The quantitative estimate of drug-likeness (QED) is 0.789. The molecule has 138 valence electrons. The Kier molecular flexibility index (Phi) is 7.59. The first-order valence-electron chi connectivity index (χ1n) is 8.60. The zero-order valence-corrected chi connectivity index (χ0v) is 16.3. The molecule has 1 unspecified atom stereocenters. The number of nitrogens with one attached hydrogen (secondary N) is 1. The maximum atomic E-state index is 12.7. The van der Waals surface area contributed by atoms with Crippen LogP contribution in [0.1, 0.15) is 43.0 Å². The van der Waals surface area contributed by atoms with Crippen molar-refractivity contribution in [1.82, 2.24) is 4.90 Å². The van der Waals surface area contributed by atoms with Crippen molar-refractivity contribution >= 4 is 40.9 Å². The minimum absolute atomic E-state index is 0.0493. The number of likely N-dealkylation sites (tertiary alicyclic amines) is 1. The topological polar surface area (TPSA) is 75.4 Å². The van der Waals surface area contributed by atoms with Crippen LogP contribution in [0.25, 0.3) is 0 Å². The Morgan fingerprint density at radius 3 is 2.84 bits per heavy atom. The molecule has 1 heterocycles. The summed E-state index contributed by atoms with van der Waals surface area (Å²) in [6.07, 6.45) is 5.79. The SMILES string of the molecule is CSCC[C@H](N)C(=O)Nc1ccc(C(=O)N2CCCCC2C)c(Cl)c1. The summed E-state index contributed by atoms with van der Waals surface area (Å²) in [4.78, 5) is 26.7. The number of rotatable bonds is 6. The molecule has 7 heteroatoms. The molecule has 0 spiro atoms. The fraction of sp³-hybridized carbons (Fsp3) is 0.556. The van der Waals surface area contributed by atoms with Gasteiger partial charge in [0, 0.05) is 18.3 Å². The van der Waals surface area contributed by atoms with Crippen molar-refractivity contribution < 1.29 is 9.59 Å². The molecular weight excluding hydrogens is 358 g/mol. The van der Waals surface area contributed by atoms with Gasteiger partial charge in [0.1, 0.15) is 0 Å². The molecule has 1 fully saturated rings.